The lowest BCUT2D eigenvalue weighted by Gasteiger charge is -2.18. The van der Waals surface area contributed by atoms with Gasteiger partial charge in [-0.25, -0.2) is 4.79 Å². The lowest BCUT2D eigenvalue weighted by atomic mass is 10.1. The summed E-state index contributed by atoms with van der Waals surface area (Å²) >= 11 is 11.7. The Labute approximate surface area is 122 Å². The number of esters is 1. The smallest absolute Gasteiger partial charge is 0.349 e. The molecule has 3 nitrogen and oxygen atoms in total. The highest BCUT2D eigenvalue weighted by Gasteiger charge is 2.19. The number of halogens is 2. The number of hydrogen-bond acceptors (Lipinski definition) is 3. The predicted molar refractivity (Wildman–Crippen MR) is 75.9 cm³/mol. The second kappa shape index (κ2) is 6.10. The molecule has 0 aliphatic rings. The highest BCUT2D eigenvalue weighted by Crippen LogP contribution is 2.24. The summed E-state index contributed by atoms with van der Waals surface area (Å²) in [6.45, 7) is 5.21. The molecule has 0 atom stereocenters. The molecule has 0 bridgehead atoms. The van der Waals surface area contributed by atoms with Crippen molar-refractivity contribution in [1.29, 1.82) is 5.26 Å². The molecule has 0 amide bonds. The number of nitriles is 1. The van der Waals surface area contributed by atoms with Crippen molar-refractivity contribution in [3.05, 3.63) is 39.4 Å². The van der Waals surface area contributed by atoms with E-state index in [-0.39, 0.29) is 5.57 Å². The van der Waals surface area contributed by atoms with Crippen LogP contribution in [0.25, 0.3) is 6.08 Å². The molecule has 0 unspecified atom stereocenters. The third kappa shape index (κ3) is 4.94. The van der Waals surface area contributed by atoms with Gasteiger partial charge in [0.15, 0.2) is 0 Å². The molecule has 1 rings (SSSR count). The van der Waals surface area contributed by atoms with E-state index in [1.54, 1.807) is 39.0 Å². The highest BCUT2D eigenvalue weighted by atomic mass is 35.5. The molecular formula is C14H13Cl2NO2. The van der Waals surface area contributed by atoms with Crippen molar-refractivity contribution in [2.75, 3.05) is 0 Å². The SMILES string of the molecule is CC(C)(C)OC(=O)C(C#N)=Cc1ccc(Cl)c(Cl)c1. The molecule has 0 heterocycles. The van der Waals surface area contributed by atoms with Gasteiger partial charge in [-0.2, -0.15) is 5.26 Å². The Bertz CT molecular complexity index is 566. The maximum Gasteiger partial charge on any atom is 0.349 e. The Balaban J connectivity index is 3.03. The first kappa shape index (κ1) is 15.6. The van der Waals surface area contributed by atoms with Crippen molar-refractivity contribution in [2.45, 2.75) is 26.4 Å². The number of benzene rings is 1. The Kier molecular flexibility index (Phi) is 4.99. The second-order valence-electron chi connectivity index (χ2n) is 4.85. The van der Waals surface area contributed by atoms with E-state index in [4.69, 9.17) is 33.2 Å². The second-order valence-corrected chi connectivity index (χ2v) is 5.66. The fourth-order valence-electron chi connectivity index (χ4n) is 1.24. The first-order valence-electron chi connectivity index (χ1n) is 5.53. The molecule has 0 fully saturated rings. The lowest BCUT2D eigenvalue weighted by Crippen LogP contribution is -2.24. The molecule has 1 aromatic carbocycles. The third-order valence-corrected chi connectivity index (χ3v) is 2.73. The van der Waals surface area contributed by atoms with E-state index in [1.165, 1.54) is 6.08 Å². The van der Waals surface area contributed by atoms with Gasteiger partial charge in [0.1, 0.15) is 17.2 Å². The predicted octanol–water partition coefficient (Wildman–Crippen LogP) is 4.24. The van der Waals surface area contributed by atoms with Gasteiger partial charge in [0, 0.05) is 0 Å². The number of ether oxygens (including phenoxy) is 1. The van der Waals surface area contributed by atoms with Crippen molar-refractivity contribution in [3.63, 3.8) is 0 Å². The van der Waals surface area contributed by atoms with E-state index in [0.717, 1.165) is 0 Å². The zero-order chi connectivity index (χ0) is 14.6. The van der Waals surface area contributed by atoms with E-state index in [2.05, 4.69) is 0 Å². The molecule has 0 radical (unpaired) electrons. The fraction of sp³-hybridized carbons (Fsp3) is 0.286. The minimum atomic E-state index is -0.666. The number of nitrogens with zero attached hydrogens (tertiary/aromatic N) is 1. The monoisotopic (exact) mass is 297 g/mol. The maximum atomic E-state index is 11.8. The molecule has 19 heavy (non-hydrogen) atoms. The van der Waals surface area contributed by atoms with Gasteiger partial charge in [-0.3, -0.25) is 0 Å². The van der Waals surface area contributed by atoms with Crippen LogP contribution in [-0.2, 0) is 9.53 Å². The molecule has 0 saturated carbocycles. The number of rotatable bonds is 2. The van der Waals surface area contributed by atoms with E-state index < -0.39 is 11.6 Å². The summed E-state index contributed by atoms with van der Waals surface area (Å²) in [6, 6.07) is 6.65. The van der Waals surface area contributed by atoms with Gasteiger partial charge in [0.2, 0.25) is 0 Å². The normalized spacial score (nSPS) is 11.9. The van der Waals surface area contributed by atoms with Gasteiger partial charge in [-0.15, -0.1) is 0 Å². The molecule has 0 aliphatic carbocycles. The van der Waals surface area contributed by atoms with Crippen molar-refractivity contribution in [3.8, 4) is 6.07 Å². The molecule has 5 heteroatoms. The third-order valence-electron chi connectivity index (χ3n) is 1.99. The maximum absolute atomic E-state index is 11.8. The highest BCUT2D eigenvalue weighted by molar-refractivity contribution is 6.42. The van der Waals surface area contributed by atoms with Crippen molar-refractivity contribution in [1.82, 2.24) is 0 Å². The van der Waals surface area contributed by atoms with Crippen LogP contribution in [0.1, 0.15) is 26.3 Å². The van der Waals surface area contributed by atoms with Gasteiger partial charge in [-0.05, 0) is 44.5 Å². The quantitative estimate of drug-likeness (QED) is 0.466. The topological polar surface area (TPSA) is 50.1 Å². The van der Waals surface area contributed by atoms with Crippen LogP contribution < -0.4 is 0 Å². The van der Waals surface area contributed by atoms with Gasteiger partial charge < -0.3 is 4.74 Å². The van der Waals surface area contributed by atoms with Crippen LogP contribution in [0, 0.1) is 11.3 Å². The van der Waals surface area contributed by atoms with Gasteiger partial charge >= 0.3 is 5.97 Å². The van der Waals surface area contributed by atoms with E-state index >= 15 is 0 Å². The zero-order valence-corrected chi connectivity index (χ0v) is 12.3. The Morgan fingerprint density at radius 3 is 2.42 bits per heavy atom. The minimum Gasteiger partial charge on any atom is -0.456 e. The molecule has 100 valence electrons. The minimum absolute atomic E-state index is 0.0895. The van der Waals surface area contributed by atoms with Gasteiger partial charge in [-0.1, -0.05) is 29.3 Å². The van der Waals surface area contributed by atoms with Crippen LogP contribution >= 0.6 is 23.2 Å². The van der Waals surface area contributed by atoms with Crippen molar-refractivity contribution < 1.29 is 9.53 Å². The largest absolute Gasteiger partial charge is 0.456 e. The summed E-state index contributed by atoms with van der Waals surface area (Å²) in [7, 11) is 0. The summed E-state index contributed by atoms with van der Waals surface area (Å²) < 4.78 is 5.13. The molecule has 0 N–H and O–H groups in total. The Morgan fingerprint density at radius 1 is 1.32 bits per heavy atom. The summed E-state index contributed by atoms with van der Waals surface area (Å²) in [5.41, 5.74) is -0.130. The molecule has 0 saturated heterocycles. The average molecular weight is 298 g/mol. The van der Waals surface area contributed by atoms with Crippen LogP contribution in [0.5, 0.6) is 0 Å². The summed E-state index contributed by atoms with van der Waals surface area (Å²) in [6.07, 6.45) is 1.41. The zero-order valence-electron chi connectivity index (χ0n) is 10.8. The molecule has 0 aliphatic heterocycles. The van der Waals surface area contributed by atoms with Crippen molar-refractivity contribution in [2.24, 2.45) is 0 Å². The molecule has 0 aromatic heterocycles. The van der Waals surface area contributed by atoms with E-state index in [1.807, 2.05) is 6.07 Å². The molecular weight excluding hydrogens is 285 g/mol. The molecule has 0 spiro atoms. The van der Waals surface area contributed by atoms with Crippen LogP contribution in [0.2, 0.25) is 10.0 Å². The lowest BCUT2D eigenvalue weighted by molar-refractivity contribution is -0.149. The summed E-state index contributed by atoms with van der Waals surface area (Å²) in [4.78, 5) is 11.8. The van der Waals surface area contributed by atoms with Gasteiger partial charge in [0.05, 0.1) is 10.0 Å². The average Bonchev–Trinajstić information content (AvgIpc) is 2.28. The number of carbonyl (C=O) groups excluding carboxylic acids is 1. The Morgan fingerprint density at radius 2 is 1.95 bits per heavy atom. The van der Waals surface area contributed by atoms with Crippen LogP contribution in [0.4, 0.5) is 0 Å². The number of carbonyl (C=O) groups is 1. The van der Waals surface area contributed by atoms with E-state index in [0.29, 0.717) is 15.6 Å². The summed E-state index contributed by atoms with van der Waals surface area (Å²) in [5, 5.41) is 9.77. The molecule has 1 aromatic rings. The van der Waals surface area contributed by atoms with Crippen LogP contribution in [0.15, 0.2) is 23.8 Å². The Hall–Kier alpha value is -1.50. The standard InChI is InChI=1S/C14H13Cl2NO2/c1-14(2,3)19-13(18)10(8-17)6-9-4-5-11(15)12(16)7-9/h4-7H,1-3H3. The first-order valence-corrected chi connectivity index (χ1v) is 6.29. The van der Waals surface area contributed by atoms with E-state index in [9.17, 15) is 4.79 Å². The first-order chi connectivity index (χ1) is 8.73. The summed E-state index contributed by atoms with van der Waals surface area (Å²) in [5.74, 6) is -0.666. The number of hydrogen-bond donors (Lipinski definition) is 0. The van der Waals surface area contributed by atoms with Gasteiger partial charge in [0.25, 0.3) is 0 Å². The van der Waals surface area contributed by atoms with Crippen molar-refractivity contribution >= 4 is 35.2 Å². The fourth-order valence-corrected chi connectivity index (χ4v) is 1.55. The van der Waals surface area contributed by atoms with Crippen LogP contribution in [0.3, 0.4) is 0 Å². The van der Waals surface area contributed by atoms with Crippen LogP contribution in [-0.4, -0.2) is 11.6 Å².